The number of esters is 1. The van der Waals surface area contributed by atoms with E-state index >= 15 is 0 Å². The van der Waals surface area contributed by atoms with Crippen LogP contribution in [0.25, 0.3) is 0 Å². The minimum atomic E-state index is -1.30. The molecule has 0 unspecified atom stereocenters. The quantitative estimate of drug-likeness (QED) is 0.750. The fourth-order valence-electron chi connectivity index (χ4n) is 1.96. The molecule has 0 spiro atoms. The zero-order valence-corrected chi connectivity index (χ0v) is 13.8. The van der Waals surface area contributed by atoms with Gasteiger partial charge in [0.05, 0.1) is 19.4 Å². The van der Waals surface area contributed by atoms with E-state index in [1.54, 1.807) is 12.1 Å². The van der Waals surface area contributed by atoms with Gasteiger partial charge in [0.25, 0.3) is 5.91 Å². The number of furan rings is 1. The molecule has 26 heavy (non-hydrogen) atoms. The van der Waals surface area contributed by atoms with E-state index in [0.29, 0.717) is 5.76 Å². The monoisotopic (exact) mass is 366 g/mol. The molecule has 0 aliphatic heterocycles. The zero-order chi connectivity index (χ0) is 19.1. The molecule has 1 aromatic carbocycles. The molecule has 2 amide bonds. The molecule has 0 saturated carbocycles. The van der Waals surface area contributed by atoms with Crippen LogP contribution in [-0.2, 0) is 20.9 Å². The van der Waals surface area contributed by atoms with Crippen molar-refractivity contribution >= 4 is 17.8 Å². The molecule has 0 fully saturated rings. The topological polar surface area (TPSA) is 88.8 Å². The largest absolute Gasteiger partial charge is 0.467 e. The van der Waals surface area contributed by atoms with Crippen LogP contribution >= 0.6 is 0 Å². The van der Waals surface area contributed by atoms with E-state index in [9.17, 15) is 23.2 Å². The van der Waals surface area contributed by atoms with Crippen LogP contribution in [0.3, 0.4) is 0 Å². The predicted octanol–water partition coefficient (Wildman–Crippen LogP) is 1.49. The standard InChI is InChI=1S/C17H16F2N2O5/c1-21(9-14(22)20-8-11-4-3-7-25-11)15(23)10-26-17(24)16-12(18)5-2-6-13(16)19/h2-7H,8-10H2,1H3,(H,20,22). The molecule has 138 valence electrons. The van der Waals surface area contributed by atoms with Gasteiger partial charge in [-0.15, -0.1) is 0 Å². The lowest BCUT2D eigenvalue weighted by Crippen LogP contribution is -2.40. The minimum absolute atomic E-state index is 0.162. The Morgan fingerprint density at radius 2 is 1.85 bits per heavy atom. The van der Waals surface area contributed by atoms with Gasteiger partial charge in [-0.05, 0) is 24.3 Å². The minimum Gasteiger partial charge on any atom is -0.467 e. The number of rotatable bonds is 7. The van der Waals surface area contributed by atoms with Crippen LogP contribution in [0.4, 0.5) is 8.78 Å². The van der Waals surface area contributed by atoms with E-state index in [1.807, 2.05) is 0 Å². The van der Waals surface area contributed by atoms with Gasteiger partial charge in [-0.25, -0.2) is 13.6 Å². The molecule has 0 aliphatic carbocycles. The Kier molecular flexibility index (Phi) is 6.42. The first-order chi connectivity index (χ1) is 12.4. The fourth-order valence-corrected chi connectivity index (χ4v) is 1.96. The molecule has 0 bridgehead atoms. The van der Waals surface area contributed by atoms with E-state index in [1.165, 1.54) is 13.3 Å². The van der Waals surface area contributed by atoms with Gasteiger partial charge in [-0.1, -0.05) is 6.07 Å². The highest BCUT2D eigenvalue weighted by Crippen LogP contribution is 2.13. The summed E-state index contributed by atoms with van der Waals surface area (Å²) in [5.41, 5.74) is -0.876. The van der Waals surface area contributed by atoms with Crippen molar-refractivity contribution in [2.45, 2.75) is 6.54 Å². The third-order valence-corrected chi connectivity index (χ3v) is 3.34. The summed E-state index contributed by atoms with van der Waals surface area (Å²) in [4.78, 5) is 36.4. The van der Waals surface area contributed by atoms with Crippen molar-refractivity contribution in [3.8, 4) is 0 Å². The summed E-state index contributed by atoms with van der Waals surface area (Å²) in [5.74, 6) is -4.09. The first kappa shape index (κ1) is 19.1. The molecule has 1 N–H and O–H groups in total. The molecular weight excluding hydrogens is 350 g/mol. The van der Waals surface area contributed by atoms with Crippen molar-refractivity contribution < 1.29 is 32.3 Å². The van der Waals surface area contributed by atoms with Gasteiger partial charge in [-0.3, -0.25) is 9.59 Å². The van der Waals surface area contributed by atoms with E-state index in [4.69, 9.17) is 4.42 Å². The highest BCUT2D eigenvalue weighted by molar-refractivity contribution is 5.92. The summed E-state index contributed by atoms with van der Waals surface area (Å²) in [6.07, 6.45) is 1.46. The average Bonchev–Trinajstić information content (AvgIpc) is 3.11. The van der Waals surface area contributed by atoms with Crippen LogP contribution < -0.4 is 5.32 Å². The molecule has 0 radical (unpaired) electrons. The number of benzene rings is 1. The van der Waals surface area contributed by atoms with Crippen molar-refractivity contribution in [2.75, 3.05) is 20.2 Å². The normalized spacial score (nSPS) is 10.3. The summed E-state index contributed by atoms with van der Waals surface area (Å²) in [6.45, 7) is -0.880. The first-order valence-electron chi connectivity index (χ1n) is 7.52. The Balaban J connectivity index is 1.79. The average molecular weight is 366 g/mol. The number of nitrogens with zero attached hydrogens (tertiary/aromatic N) is 1. The summed E-state index contributed by atoms with van der Waals surface area (Å²) < 4.78 is 36.6. The van der Waals surface area contributed by atoms with Gasteiger partial charge >= 0.3 is 5.97 Å². The number of amides is 2. The van der Waals surface area contributed by atoms with Crippen LogP contribution in [0.1, 0.15) is 16.1 Å². The second kappa shape index (κ2) is 8.75. The summed E-state index contributed by atoms with van der Waals surface area (Å²) in [7, 11) is 1.33. The molecule has 1 heterocycles. The van der Waals surface area contributed by atoms with Gasteiger partial charge in [0.2, 0.25) is 5.91 Å². The van der Waals surface area contributed by atoms with Crippen LogP contribution in [0.5, 0.6) is 0 Å². The Bertz CT molecular complexity index is 772. The molecule has 2 rings (SSSR count). The van der Waals surface area contributed by atoms with Crippen molar-refractivity contribution in [1.82, 2.24) is 10.2 Å². The van der Waals surface area contributed by atoms with Crippen molar-refractivity contribution in [2.24, 2.45) is 0 Å². The van der Waals surface area contributed by atoms with Gasteiger partial charge < -0.3 is 19.4 Å². The van der Waals surface area contributed by atoms with E-state index in [2.05, 4.69) is 10.1 Å². The maximum Gasteiger partial charge on any atom is 0.344 e. The fraction of sp³-hybridized carbons (Fsp3) is 0.235. The van der Waals surface area contributed by atoms with Gasteiger partial charge in [-0.2, -0.15) is 0 Å². The Morgan fingerprint density at radius 3 is 2.46 bits per heavy atom. The highest BCUT2D eigenvalue weighted by Gasteiger charge is 2.21. The molecule has 2 aromatic rings. The van der Waals surface area contributed by atoms with Gasteiger partial charge in [0, 0.05) is 7.05 Å². The molecule has 0 aliphatic rings. The Hall–Kier alpha value is -3.23. The van der Waals surface area contributed by atoms with Crippen molar-refractivity contribution in [1.29, 1.82) is 0 Å². The Labute approximate surface area is 147 Å². The predicted molar refractivity (Wildman–Crippen MR) is 84.8 cm³/mol. The second-order valence-corrected chi connectivity index (χ2v) is 5.28. The molecule has 1 aromatic heterocycles. The SMILES string of the molecule is CN(CC(=O)NCc1ccco1)C(=O)COC(=O)c1c(F)cccc1F. The third kappa shape index (κ3) is 5.13. The van der Waals surface area contributed by atoms with Crippen LogP contribution in [0.2, 0.25) is 0 Å². The number of nitrogens with one attached hydrogen (secondary N) is 1. The maximum atomic E-state index is 13.5. The van der Waals surface area contributed by atoms with Crippen LogP contribution in [0, 0.1) is 11.6 Å². The number of carbonyl (C=O) groups is 3. The number of ether oxygens (including phenoxy) is 1. The summed E-state index contributed by atoms with van der Waals surface area (Å²) in [5, 5.41) is 2.54. The third-order valence-electron chi connectivity index (χ3n) is 3.34. The number of halogens is 2. The van der Waals surface area contributed by atoms with Crippen LogP contribution in [0.15, 0.2) is 41.0 Å². The van der Waals surface area contributed by atoms with E-state index in [0.717, 1.165) is 23.1 Å². The number of hydrogen-bond acceptors (Lipinski definition) is 5. The highest BCUT2D eigenvalue weighted by atomic mass is 19.1. The van der Waals surface area contributed by atoms with Crippen LogP contribution in [-0.4, -0.2) is 42.9 Å². The first-order valence-corrected chi connectivity index (χ1v) is 7.52. The molecule has 0 saturated heterocycles. The number of carbonyl (C=O) groups excluding carboxylic acids is 3. The summed E-state index contributed by atoms with van der Waals surface area (Å²) in [6, 6.07) is 6.25. The van der Waals surface area contributed by atoms with Crippen molar-refractivity contribution in [3.05, 3.63) is 59.6 Å². The van der Waals surface area contributed by atoms with Crippen molar-refractivity contribution in [3.63, 3.8) is 0 Å². The zero-order valence-electron chi connectivity index (χ0n) is 13.8. The Morgan fingerprint density at radius 1 is 1.15 bits per heavy atom. The second-order valence-electron chi connectivity index (χ2n) is 5.28. The number of likely N-dealkylation sites (N-methyl/N-ethyl adjacent to an activating group) is 1. The maximum absolute atomic E-state index is 13.5. The molecule has 0 atom stereocenters. The van der Waals surface area contributed by atoms with Gasteiger partial charge in [0.15, 0.2) is 6.61 Å². The summed E-state index contributed by atoms with van der Waals surface area (Å²) >= 11 is 0. The molecule has 9 heteroatoms. The molecular formula is C17H16F2N2O5. The lowest BCUT2D eigenvalue weighted by atomic mass is 10.2. The van der Waals surface area contributed by atoms with E-state index < -0.39 is 41.6 Å². The molecule has 7 nitrogen and oxygen atoms in total. The smallest absolute Gasteiger partial charge is 0.344 e. The van der Waals surface area contributed by atoms with Gasteiger partial charge in [0.1, 0.15) is 23.0 Å². The lowest BCUT2D eigenvalue weighted by Gasteiger charge is -2.16. The lowest BCUT2D eigenvalue weighted by molar-refractivity contribution is -0.137. The van der Waals surface area contributed by atoms with E-state index in [-0.39, 0.29) is 13.1 Å². The number of hydrogen-bond donors (Lipinski definition) is 1.